The average molecular weight is 209 g/mol. The number of hydrogen-bond donors (Lipinski definition) is 1. The minimum absolute atomic E-state index is 0.584. The van der Waals surface area contributed by atoms with E-state index in [0.717, 1.165) is 18.4 Å². The smallest absolute Gasteiger partial charge is 0.0140 e. The van der Waals surface area contributed by atoms with Gasteiger partial charge in [-0.2, -0.15) is 0 Å². The molecule has 0 heterocycles. The average Bonchev–Trinajstić information content (AvgIpc) is 2.22. The molecule has 0 aromatic heterocycles. The lowest BCUT2D eigenvalue weighted by Gasteiger charge is -2.23. The molecule has 2 unspecified atom stereocenters. The molecule has 0 aromatic rings. The maximum absolute atomic E-state index is 3.53. The Morgan fingerprint density at radius 3 is 2.27 bits per heavy atom. The molecule has 0 aliphatic carbocycles. The third-order valence-electron chi connectivity index (χ3n) is 3.23. The first kappa shape index (κ1) is 14.4. The summed E-state index contributed by atoms with van der Waals surface area (Å²) in [5.74, 6) is 1.47. The second kappa shape index (κ2) is 7.70. The fraction of sp³-hybridized carbons (Fsp3) is 0.714. The van der Waals surface area contributed by atoms with E-state index in [1.807, 2.05) is 0 Å². The zero-order chi connectivity index (χ0) is 11.8. The van der Waals surface area contributed by atoms with E-state index in [0.29, 0.717) is 6.04 Å². The molecule has 2 atom stereocenters. The highest BCUT2D eigenvalue weighted by Crippen LogP contribution is 2.13. The van der Waals surface area contributed by atoms with Crippen LogP contribution in [0.25, 0.3) is 0 Å². The maximum atomic E-state index is 3.53. The van der Waals surface area contributed by atoms with Crippen LogP contribution in [0.1, 0.15) is 41.5 Å². The summed E-state index contributed by atoms with van der Waals surface area (Å²) < 4.78 is 0. The molecule has 0 amide bonds. The highest BCUT2D eigenvalue weighted by Gasteiger charge is 2.13. The van der Waals surface area contributed by atoms with Gasteiger partial charge in [-0.05, 0) is 32.6 Å². The Hall–Kier alpha value is -0.560. The fourth-order valence-corrected chi connectivity index (χ4v) is 1.36. The van der Waals surface area contributed by atoms with Gasteiger partial charge < -0.3 is 5.32 Å². The molecule has 0 aliphatic rings. The summed E-state index contributed by atoms with van der Waals surface area (Å²) in [4.78, 5) is 0. The third-order valence-corrected chi connectivity index (χ3v) is 3.23. The molecule has 0 aliphatic heterocycles. The van der Waals surface area contributed by atoms with Crippen molar-refractivity contribution in [1.82, 2.24) is 5.32 Å². The van der Waals surface area contributed by atoms with Crippen LogP contribution < -0.4 is 5.32 Å². The largest absolute Gasteiger partial charge is 0.311 e. The first-order valence-electron chi connectivity index (χ1n) is 6.01. The Bertz CT molecular complexity index is 213. The van der Waals surface area contributed by atoms with Crippen molar-refractivity contribution < 1.29 is 0 Å². The Morgan fingerprint density at radius 1 is 1.20 bits per heavy atom. The molecule has 0 radical (unpaired) electrons. The SMILES string of the molecule is C/C=C(C)\C=C/CNC(C)C(C)C(C)C. The predicted molar refractivity (Wildman–Crippen MR) is 70.0 cm³/mol. The van der Waals surface area contributed by atoms with Crippen LogP contribution in [-0.2, 0) is 0 Å². The monoisotopic (exact) mass is 209 g/mol. The molecule has 0 spiro atoms. The van der Waals surface area contributed by atoms with Crippen molar-refractivity contribution in [3.05, 3.63) is 23.8 Å². The van der Waals surface area contributed by atoms with Crippen LogP contribution in [0.2, 0.25) is 0 Å². The number of allylic oxidation sites excluding steroid dienone is 3. The molecule has 1 heteroatoms. The Labute approximate surface area is 95.7 Å². The fourth-order valence-electron chi connectivity index (χ4n) is 1.36. The van der Waals surface area contributed by atoms with Gasteiger partial charge in [0.05, 0.1) is 0 Å². The van der Waals surface area contributed by atoms with E-state index in [1.165, 1.54) is 5.57 Å². The van der Waals surface area contributed by atoms with Crippen molar-refractivity contribution in [2.75, 3.05) is 6.54 Å². The molecule has 0 bridgehead atoms. The summed E-state index contributed by atoms with van der Waals surface area (Å²) in [5.41, 5.74) is 1.32. The molecular weight excluding hydrogens is 182 g/mol. The topological polar surface area (TPSA) is 12.0 Å². The summed E-state index contributed by atoms with van der Waals surface area (Å²) in [6, 6.07) is 0.584. The van der Waals surface area contributed by atoms with Crippen LogP contribution >= 0.6 is 0 Å². The molecule has 0 rings (SSSR count). The molecular formula is C14H27N. The molecule has 0 fully saturated rings. The summed E-state index contributed by atoms with van der Waals surface area (Å²) in [6.07, 6.45) is 6.48. The van der Waals surface area contributed by atoms with Crippen LogP contribution in [0.3, 0.4) is 0 Å². The van der Waals surface area contributed by atoms with Crippen molar-refractivity contribution in [2.45, 2.75) is 47.6 Å². The zero-order valence-electron chi connectivity index (χ0n) is 11.2. The minimum Gasteiger partial charge on any atom is -0.311 e. The summed E-state index contributed by atoms with van der Waals surface area (Å²) >= 11 is 0. The van der Waals surface area contributed by atoms with E-state index >= 15 is 0 Å². The van der Waals surface area contributed by atoms with E-state index in [2.05, 4.69) is 65.1 Å². The lowest BCUT2D eigenvalue weighted by atomic mass is 9.91. The van der Waals surface area contributed by atoms with Crippen molar-refractivity contribution in [3.8, 4) is 0 Å². The first-order chi connectivity index (χ1) is 6.99. The number of rotatable bonds is 6. The molecule has 0 saturated heterocycles. The molecule has 1 N–H and O–H groups in total. The summed E-state index contributed by atoms with van der Waals surface area (Å²) in [7, 11) is 0. The van der Waals surface area contributed by atoms with Crippen molar-refractivity contribution in [2.24, 2.45) is 11.8 Å². The highest BCUT2D eigenvalue weighted by molar-refractivity contribution is 5.14. The molecule has 0 saturated carbocycles. The van der Waals surface area contributed by atoms with Crippen LogP contribution in [0, 0.1) is 11.8 Å². The van der Waals surface area contributed by atoms with Gasteiger partial charge in [-0.25, -0.2) is 0 Å². The van der Waals surface area contributed by atoms with E-state index in [9.17, 15) is 0 Å². The van der Waals surface area contributed by atoms with Crippen molar-refractivity contribution >= 4 is 0 Å². The van der Waals surface area contributed by atoms with Gasteiger partial charge >= 0.3 is 0 Å². The van der Waals surface area contributed by atoms with E-state index in [4.69, 9.17) is 0 Å². The van der Waals surface area contributed by atoms with Crippen LogP contribution in [0.5, 0.6) is 0 Å². The van der Waals surface area contributed by atoms with Gasteiger partial charge in [0.1, 0.15) is 0 Å². The van der Waals surface area contributed by atoms with Gasteiger partial charge in [0.2, 0.25) is 0 Å². The quantitative estimate of drug-likeness (QED) is 0.656. The standard InChI is InChI=1S/C14H27N/c1-7-12(4)9-8-10-15-14(6)13(5)11(2)3/h7-9,11,13-15H,10H2,1-6H3/b9-8-,12-7-. The first-order valence-corrected chi connectivity index (χ1v) is 6.01. The normalized spacial score (nSPS) is 17.4. The summed E-state index contributed by atoms with van der Waals surface area (Å²) in [6.45, 7) is 14.3. The van der Waals surface area contributed by atoms with Crippen molar-refractivity contribution in [1.29, 1.82) is 0 Å². The highest BCUT2D eigenvalue weighted by atomic mass is 14.9. The summed E-state index contributed by atoms with van der Waals surface area (Å²) in [5, 5.41) is 3.53. The minimum atomic E-state index is 0.584. The molecule has 88 valence electrons. The lowest BCUT2D eigenvalue weighted by molar-refractivity contribution is 0.322. The zero-order valence-corrected chi connectivity index (χ0v) is 11.2. The lowest BCUT2D eigenvalue weighted by Crippen LogP contribution is -2.34. The number of hydrogen-bond acceptors (Lipinski definition) is 1. The van der Waals surface area contributed by atoms with E-state index in [-0.39, 0.29) is 0 Å². The predicted octanol–water partition coefficient (Wildman–Crippen LogP) is 3.78. The maximum Gasteiger partial charge on any atom is 0.0140 e. The van der Waals surface area contributed by atoms with Crippen LogP contribution in [0.15, 0.2) is 23.8 Å². The third kappa shape index (κ3) is 6.51. The molecule has 1 nitrogen and oxygen atoms in total. The van der Waals surface area contributed by atoms with Gasteiger partial charge in [-0.1, -0.05) is 44.6 Å². The van der Waals surface area contributed by atoms with Gasteiger partial charge in [-0.15, -0.1) is 0 Å². The molecule has 0 aromatic carbocycles. The number of nitrogens with one attached hydrogen (secondary N) is 1. The van der Waals surface area contributed by atoms with Crippen LogP contribution in [0.4, 0.5) is 0 Å². The Morgan fingerprint density at radius 2 is 1.80 bits per heavy atom. The van der Waals surface area contributed by atoms with Crippen molar-refractivity contribution in [3.63, 3.8) is 0 Å². The van der Waals surface area contributed by atoms with Gasteiger partial charge in [0.25, 0.3) is 0 Å². The van der Waals surface area contributed by atoms with E-state index < -0.39 is 0 Å². The van der Waals surface area contributed by atoms with E-state index in [1.54, 1.807) is 0 Å². The Kier molecular flexibility index (Phi) is 7.41. The van der Waals surface area contributed by atoms with Gasteiger partial charge in [-0.3, -0.25) is 0 Å². The van der Waals surface area contributed by atoms with Crippen LogP contribution in [-0.4, -0.2) is 12.6 Å². The molecule has 15 heavy (non-hydrogen) atoms. The second-order valence-corrected chi connectivity index (χ2v) is 4.74. The second-order valence-electron chi connectivity index (χ2n) is 4.74. The van der Waals surface area contributed by atoms with Gasteiger partial charge in [0, 0.05) is 12.6 Å². The van der Waals surface area contributed by atoms with Gasteiger partial charge in [0.15, 0.2) is 0 Å². The Balaban J connectivity index is 3.82.